The van der Waals surface area contributed by atoms with E-state index in [-0.39, 0.29) is 5.02 Å². The number of nitrogens with one attached hydrogen (secondary N) is 1. The number of aromatic nitrogens is 1. The van der Waals surface area contributed by atoms with Crippen molar-refractivity contribution < 1.29 is 4.39 Å². The Morgan fingerprint density at radius 1 is 1.38 bits per heavy atom. The molecule has 0 aliphatic carbocycles. The standard InChI is InChI=1S/C10H7Cl2FN2S/c11-7-2-1-6(3-8(7)13)14-5-10-15-4-9(12)16-10/h1-4,14H,5H2. The molecule has 0 radical (unpaired) electrons. The molecule has 2 rings (SSSR count). The molecule has 0 aliphatic rings. The highest BCUT2D eigenvalue weighted by molar-refractivity contribution is 7.15. The lowest BCUT2D eigenvalue weighted by Crippen LogP contribution is -1.98. The molecular weight excluding hydrogens is 270 g/mol. The topological polar surface area (TPSA) is 24.9 Å². The van der Waals surface area contributed by atoms with Crippen molar-refractivity contribution in [3.63, 3.8) is 0 Å². The summed E-state index contributed by atoms with van der Waals surface area (Å²) in [4.78, 5) is 4.08. The van der Waals surface area contributed by atoms with Crippen molar-refractivity contribution in [3.8, 4) is 0 Å². The fraction of sp³-hybridized carbons (Fsp3) is 0.100. The molecule has 0 spiro atoms. The summed E-state index contributed by atoms with van der Waals surface area (Å²) in [7, 11) is 0. The molecule has 1 N–H and O–H groups in total. The molecule has 84 valence electrons. The predicted molar refractivity (Wildman–Crippen MR) is 65.9 cm³/mol. The van der Waals surface area contributed by atoms with Crippen LogP contribution in [0.4, 0.5) is 10.1 Å². The maximum atomic E-state index is 13.1. The zero-order valence-electron chi connectivity index (χ0n) is 8.01. The van der Waals surface area contributed by atoms with Gasteiger partial charge in [-0.2, -0.15) is 0 Å². The second kappa shape index (κ2) is 4.99. The Morgan fingerprint density at radius 3 is 2.81 bits per heavy atom. The largest absolute Gasteiger partial charge is 0.378 e. The quantitative estimate of drug-likeness (QED) is 0.909. The van der Waals surface area contributed by atoms with Crippen molar-refractivity contribution in [1.29, 1.82) is 0 Å². The van der Waals surface area contributed by atoms with Crippen LogP contribution in [-0.4, -0.2) is 4.98 Å². The van der Waals surface area contributed by atoms with Crippen LogP contribution in [0.3, 0.4) is 0 Å². The SMILES string of the molecule is Fc1cc(NCc2ncc(Cl)s2)ccc1Cl. The molecule has 16 heavy (non-hydrogen) atoms. The van der Waals surface area contributed by atoms with Gasteiger partial charge in [-0.25, -0.2) is 9.37 Å². The molecule has 1 aromatic carbocycles. The zero-order chi connectivity index (χ0) is 11.5. The molecule has 0 amide bonds. The number of anilines is 1. The average molecular weight is 277 g/mol. The van der Waals surface area contributed by atoms with Crippen LogP contribution in [0.25, 0.3) is 0 Å². The number of halogens is 3. The lowest BCUT2D eigenvalue weighted by molar-refractivity contribution is 0.628. The summed E-state index contributed by atoms with van der Waals surface area (Å²) in [6, 6.07) is 4.56. The first-order valence-electron chi connectivity index (χ1n) is 4.44. The van der Waals surface area contributed by atoms with E-state index in [0.29, 0.717) is 16.6 Å². The number of nitrogens with zero attached hydrogens (tertiary/aromatic N) is 1. The third-order valence-electron chi connectivity index (χ3n) is 1.89. The Bertz CT molecular complexity index is 501. The highest BCUT2D eigenvalue weighted by Crippen LogP contribution is 2.21. The Morgan fingerprint density at radius 2 is 2.19 bits per heavy atom. The smallest absolute Gasteiger partial charge is 0.143 e. The summed E-state index contributed by atoms with van der Waals surface area (Å²) >= 11 is 12.7. The van der Waals surface area contributed by atoms with Gasteiger partial charge in [0.1, 0.15) is 15.2 Å². The molecule has 0 atom stereocenters. The van der Waals surface area contributed by atoms with E-state index in [1.807, 2.05) is 0 Å². The summed E-state index contributed by atoms with van der Waals surface area (Å²) in [5.74, 6) is -0.441. The third-order valence-corrected chi connectivity index (χ3v) is 3.31. The molecule has 0 aliphatic heterocycles. The molecule has 0 saturated heterocycles. The lowest BCUT2D eigenvalue weighted by Gasteiger charge is -2.04. The van der Waals surface area contributed by atoms with E-state index in [4.69, 9.17) is 23.2 Å². The molecule has 0 unspecified atom stereocenters. The molecule has 0 fully saturated rings. The first-order chi connectivity index (χ1) is 7.65. The van der Waals surface area contributed by atoms with E-state index in [9.17, 15) is 4.39 Å². The van der Waals surface area contributed by atoms with Crippen molar-refractivity contribution in [2.45, 2.75) is 6.54 Å². The molecule has 0 saturated carbocycles. The first-order valence-corrected chi connectivity index (χ1v) is 6.01. The van der Waals surface area contributed by atoms with Crippen LogP contribution in [-0.2, 0) is 6.54 Å². The van der Waals surface area contributed by atoms with Gasteiger partial charge in [0.05, 0.1) is 17.8 Å². The van der Waals surface area contributed by atoms with E-state index in [1.54, 1.807) is 12.3 Å². The van der Waals surface area contributed by atoms with Crippen molar-refractivity contribution in [2.75, 3.05) is 5.32 Å². The first kappa shape index (κ1) is 11.6. The number of hydrogen-bond acceptors (Lipinski definition) is 3. The van der Waals surface area contributed by atoms with Gasteiger partial charge in [0.2, 0.25) is 0 Å². The Kier molecular flexibility index (Phi) is 3.63. The minimum Gasteiger partial charge on any atom is -0.378 e. The maximum absolute atomic E-state index is 13.1. The van der Waals surface area contributed by atoms with E-state index in [0.717, 1.165) is 5.01 Å². The fourth-order valence-corrected chi connectivity index (χ4v) is 2.17. The van der Waals surface area contributed by atoms with Gasteiger partial charge < -0.3 is 5.32 Å². The van der Waals surface area contributed by atoms with Crippen molar-refractivity contribution in [2.24, 2.45) is 0 Å². The summed E-state index contributed by atoms with van der Waals surface area (Å²) in [6.07, 6.45) is 1.59. The predicted octanol–water partition coefficient (Wildman–Crippen LogP) is 4.20. The average Bonchev–Trinajstić information content (AvgIpc) is 2.66. The second-order valence-corrected chi connectivity index (χ2v) is 5.19. The van der Waals surface area contributed by atoms with E-state index >= 15 is 0 Å². The molecule has 2 aromatic rings. The van der Waals surface area contributed by atoms with Crippen molar-refractivity contribution in [1.82, 2.24) is 4.98 Å². The van der Waals surface area contributed by atoms with Gasteiger partial charge in [-0.1, -0.05) is 23.2 Å². The normalized spacial score (nSPS) is 10.4. The Labute approximate surface area is 106 Å². The molecular formula is C10H7Cl2FN2S. The van der Waals surface area contributed by atoms with Gasteiger partial charge in [-0.3, -0.25) is 0 Å². The number of hydrogen-bond donors (Lipinski definition) is 1. The molecule has 1 aromatic heterocycles. The molecule has 0 bridgehead atoms. The van der Waals surface area contributed by atoms with Crippen LogP contribution in [0.2, 0.25) is 9.36 Å². The summed E-state index contributed by atoms with van der Waals surface area (Å²) in [5.41, 5.74) is 0.660. The summed E-state index contributed by atoms with van der Waals surface area (Å²) in [5, 5.41) is 3.99. The van der Waals surface area contributed by atoms with Crippen LogP contribution < -0.4 is 5.32 Å². The van der Waals surface area contributed by atoms with E-state index in [1.165, 1.54) is 23.5 Å². The van der Waals surface area contributed by atoms with Gasteiger partial charge in [0.25, 0.3) is 0 Å². The van der Waals surface area contributed by atoms with Gasteiger partial charge in [-0.05, 0) is 18.2 Å². The highest BCUT2D eigenvalue weighted by Gasteiger charge is 2.02. The van der Waals surface area contributed by atoms with Crippen LogP contribution >= 0.6 is 34.5 Å². The minimum absolute atomic E-state index is 0.114. The van der Waals surface area contributed by atoms with Crippen LogP contribution in [0.15, 0.2) is 24.4 Å². The van der Waals surface area contributed by atoms with Crippen LogP contribution in [0.1, 0.15) is 5.01 Å². The zero-order valence-corrected chi connectivity index (χ0v) is 10.3. The minimum atomic E-state index is -0.441. The third kappa shape index (κ3) is 2.84. The summed E-state index contributed by atoms with van der Waals surface area (Å²) < 4.78 is 13.7. The molecule has 1 heterocycles. The second-order valence-electron chi connectivity index (χ2n) is 3.04. The molecule has 2 nitrogen and oxygen atoms in total. The van der Waals surface area contributed by atoms with Gasteiger partial charge in [-0.15, -0.1) is 11.3 Å². The Hall–Kier alpha value is -0.840. The Balaban J connectivity index is 2.02. The monoisotopic (exact) mass is 276 g/mol. The van der Waals surface area contributed by atoms with Crippen LogP contribution in [0, 0.1) is 5.82 Å². The van der Waals surface area contributed by atoms with Crippen LogP contribution in [0.5, 0.6) is 0 Å². The van der Waals surface area contributed by atoms with Crippen molar-refractivity contribution in [3.05, 3.63) is 44.6 Å². The number of thiazole rings is 1. The van der Waals surface area contributed by atoms with Crippen molar-refractivity contribution >= 4 is 40.2 Å². The van der Waals surface area contributed by atoms with E-state index in [2.05, 4.69) is 10.3 Å². The number of benzene rings is 1. The summed E-state index contributed by atoms with van der Waals surface area (Å²) in [6.45, 7) is 0.512. The van der Waals surface area contributed by atoms with Gasteiger partial charge in [0.15, 0.2) is 0 Å². The highest BCUT2D eigenvalue weighted by atomic mass is 35.5. The fourth-order valence-electron chi connectivity index (χ4n) is 1.15. The number of rotatable bonds is 3. The van der Waals surface area contributed by atoms with Gasteiger partial charge >= 0.3 is 0 Å². The van der Waals surface area contributed by atoms with E-state index < -0.39 is 5.82 Å². The lowest BCUT2D eigenvalue weighted by atomic mass is 10.3. The maximum Gasteiger partial charge on any atom is 0.143 e. The molecule has 6 heteroatoms. The van der Waals surface area contributed by atoms with Gasteiger partial charge in [0, 0.05) is 5.69 Å².